The maximum atomic E-state index is 12.1. The number of halogens is 4. The Bertz CT molecular complexity index is 646. The summed E-state index contributed by atoms with van der Waals surface area (Å²) in [6.07, 6.45) is 0. The van der Waals surface area contributed by atoms with Crippen LogP contribution in [0.25, 0.3) is 0 Å². The van der Waals surface area contributed by atoms with Crippen LogP contribution in [-0.4, -0.2) is 5.91 Å². The highest BCUT2D eigenvalue weighted by Crippen LogP contribution is 2.27. The van der Waals surface area contributed by atoms with Gasteiger partial charge in [0.15, 0.2) is 0 Å². The Morgan fingerprint density at radius 3 is 2.42 bits per heavy atom. The average Bonchev–Trinajstić information content (AvgIpc) is 2.36. The van der Waals surface area contributed by atoms with Gasteiger partial charge in [0, 0.05) is 9.50 Å². The fourth-order valence-electron chi connectivity index (χ4n) is 1.45. The van der Waals surface area contributed by atoms with E-state index in [1.54, 1.807) is 36.4 Å². The minimum absolute atomic E-state index is 0.351. The lowest BCUT2D eigenvalue weighted by Gasteiger charge is -2.09. The molecule has 98 valence electrons. The van der Waals surface area contributed by atoms with E-state index in [1.807, 2.05) is 0 Å². The highest BCUT2D eigenvalue weighted by Gasteiger charge is 2.13. The first kappa shape index (κ1) is 14.7. The van der Waals surface area contributed by atoms with Gasteiger partial charge in [-0.3, -0.25) is 4.79 Å². The van der Waals surface area contributed by atoms with Gasteiger partial charge in [-0.25, -0.2) is 0 Å². The summed E-state index contributed by atoms with van der Waals surface area (Å²) in [7, 11) is 0. The van der Waals surface area contributed by atoms with Crippen LogP contribution >= 0.6 is 50.7 Å². The van der Waals surface area contributed by atoms with E-state index < -0.39 is 0 Å². The van der Waals surface area contributed by atoms with Crippen molar-refractivity contribution in [1.82, 2.24) is 0 Å². The molecule has 0 aromatic heterocycles. The zero-order valence-electron chi connectivity index (χ0n) is 9.38. The first-order chi connectivity index (χ1) is 8.97. The van der Waals surface area contributed by atoms with Crippen molar-refractivity contribution in [1.29, 1.82) is 0 Å². The highest BCUT2D eigenvalue weighted by molar-refractivity contribution is 9.10. The SMILES string of the molecule is O=C(Nc1cc(Cl)ccc1Cl)c1cc(Br)ccc1Cl. The second kappa shape index (κ2) is 6.14. The van der Waals surface area contributed by atoms with Crippen molar-refractivity contribution in [2.24, 2.45) is 0 Å². The zero-order chi connectivity index (χ0) is 14.0. The Labute approximate surface area is 133 Å². The molecule has 1 N–H and O–H groups in total. The molecule has 0 spiro atoms. The average molecular weight is 379 g/mol. The molecule has 0 bridgehead atoms. The molecule has 19 heavy (non-hydrogen) atoms. The van der Waals surface area contributed by atoms with E-state index in [1.165, 1.54) is 0 Å². The quantitative estimate of drug-likeness (QED) is 0.716. The number of hydrogen-bond donors (Lipinski definition) is 1. The molecule has 0 saturated carbocycles. The summed E-state index contributed by atoms with van der Waals surface area (Å²) in [5, 5.41) is 3.93. The van der Waals surface area contributed by atoms with Crippen LogP contribution in [0.3, 0.4) is 0 Å². The fraction of sp³-hybridized carbons (Fsp3) is 0. The van der Waals surface area contributed by atoms with Crippen LogP contribution in [0.15, 0.2) is 40.9 Å². The maximum absolute atomic E-state index is 12.1. The maximum Gasteiger partial charge on any atom is 0.257 e. The summed E-state index contributed by atoms with van der Waals surface area (Å²) in [6.45, 7) is 0. The predicted octanol–water partition coefficient (Wildman–Crippen LogP) is 5.66. The van der Waals surface area contributed by atoms with Crippen LogP contribution in [0, 0.1) is 0 Å². The number of nitrogens with one attached hydrogen (secondary N) is 1. The third kappa shape index (κ3) is 3.63. The van der Waals surface area contributed by atoms with E-state index in [0.29, 0.717) is 26.3 Å². The molecule has 1 amide bonds. The predicted molar refractivity (Wildman–Crippen MR) is 83.6 cm³/mol. The smallest absolute Gasteiger partial charge is 0.257 e. The lowest BCUT2D eigenvalue weighted by atomic mass is 10.2. The second-order valence-corrected chi connectivity index (χ2v) is 5.87. The molecule has 0 radical (unpaired) electrons. The van der Waals surface area contributed by atoms with Gasteiger partial charge in [-0.05, 0) is 36.4 Å². The molecule has 0 aliphatic rings. The molecule has 0 aliphatic heterocycles. The largest absolute Gasteiger partial charge is 0.321 e. The second-order valence-electron chi connectivity index (χ2n) is 3.70. The molecule has 6 heteroatoms. The molecular weight excluding hydrogens is 372 g/mol. The number of benzene rings is 2. The highest BCUT2D eigenvalue weighted by atomic mass is 79.9. The van der Waals surface area contributed by atoms with E-state index in [2.05, 4.69) is 21.2 Å². The summed E-state index contributed by atoms with van der Waals surface area (Å²) >= 11 is 21.1. The van der Waals surface area contributed by atoms with Crippen LogP contribution < -0.4 is 5.32 Å². The third-order valence-electron chi connectivity index (χ3n) is 2.35. The lowest BCUT2D eigenvalue weighted by Crippen LogP contribution is -2.12. The van der Waals surface area contributed by atoms with E-state index in [4.69, 9.17) is 34.8 Å². The fourth-order valence-corrected chi connectivity index (χ4v) is 2.36. The Kier molecular flexibility index (Phi) is 4.74. The molecule has 0 unspecified atom stereocenters. The van der Waals surface area contributed by atoms with Crippen LogP contribution in [0.4, 0.5) is 5.69 Å². The van der Waals surface area contributed by atoms with Crippen LogP contribution in [0.2, 0.25) is 15.1 Å². The van der Waals surface area contributed by atoms with Crippen molar-refractivity contribution in [3.05, 3.63) is 61.5 Å². The Hall–Kier alpha value is -0.740. The van der Waals surface area contributed by atoms with Crippen LogP contribution in [0.1, 0.15) is 10.4 Å². The van der Waals surface area contributed by atoms with Gasteiger partial charge in [0.05, 0.1) is 21.3 Å². The normalized spacial score (nSPS) is 10.3. The molecule has 0 aliphatic carbocycles. The molecule has 2 aromatic carbocycles. The van der Waals surface area contributed by atoms with E-state index >= 15 is 0 Å². The van der Waals surface area contributed by atoms with Crippen molar-refractivity contribution >= 4 is 62.3 Å². The molecular formula is C13H7BrCl3NO. The Morgan fingerprint density at radius 1 is 1.00 bits per heavy atom. The van der Waals surface area contributed by atoms with Gasteiger partial charge in [0.1, 0.15) is 0 Å². The molecule has 0 fully saturated rings. The number of carbonyl (C=O) groups excluding carboxylic acids is 1. The third-order valence-corrected chi connectivity index (χ3v) is 3.74. The molecule has 2 aromatic rings. The number of rotatable bonds is 2. The van der Waals surface area contributed by atoms with Gasteiger partial charge in [-0.15, -0.1) is 0 Å². The number of anilines is 1. The Morgan fingerprint density at radius 2 is 1.68 bits per heavy atom. The van der Waals surface area contributed by atoms with Crippen molar-refractivity contribution in [3.63, 3.8) is 0 Å². The van der Waals surface area contributed by atoms with Gasteiger partial charge in [0.25, 0.3) is 5.91 Å². The van der Waals surface area contributed by atoms with E-state index in [9.17, 15) is 4.79 Å². The van der Waals surface area contributed by atoms with E-state index in [0.717, 1.165) is 4.47 Å². The summed E-state index contributed by atoms with van der Waals surface area (Å²) in [5.74, 6) is -0.351. The topological polar surface area (TPSA) is 29.1 Å². The molecule has 2 nitrogen and oxygen atoms in total. The number of amides is 1. The summed E-state index contributed by atoms with van der Waals surface area (Å²) < 4.78 is 0.763. The first-order valence-corrected chi connectivity index (χ1v) is 7.11. The molecule has 0 atom stereocenters. The number of carbonyl (C=O) groups is 1. The van der Waals surface area contributed by atoms with Crippen molar-refractivity contribution in [3.8, 4) is 0 Å². The van der Waals surface area contributed by atoms with Crippen LogP contribution in [-0.2, 0) is 0 Å². The van der Waals surface area contributed by atoms with Gasteiger partial charge in [0.2, 0.25) is 0 Å². The zero-order valence-corrected chi connectivity index (χ0v) is 13.2. The van der Waals surface area contributed by atoms with Gasteiger partial charge < -0.3 is 5.32 Å². The number of hydrogen-bond acceptors (Lipinski definition) is 1. The minimum atomic E-state index is -0.351. The van der Waals surface area contributed by atoms with Crippen LogP contribution in [0.5, 0.6) is 0 Å². The summed E-state index contributed by atoms with van der Waals surface area (Å²) in [6, 6.07) is 9.86. The van der Waals surface area contributed by atoms with Crippen molar-refractivity contribution in [2.75, 3.05) is 5.32 Å². The minimum Gasteiger partial charge on any atom is -0.321 e. The van der Waals surface area contributed by atoms with E-state index in [-0.39, 0.29) is 5.91 Å². The van der Waals surface area contributed by atoms with Gasteiger partial charge in [-0.2, -0.15) is 0 Å². The van der Waals surface area contributed by atoms with Crippen molar-refractivity contribution in [2.45, 2.75) is 0 Å². The molecule has 0 saturated heterocycles. The molecule has 0 heterocycles. The molecule has 2 rings (SSSR count). The summed E-state index contributed by atoms with van der Waals surface area (Å²) in [5.41, 5.74) is 0.794. The lowest BCUT2D eigenvalue weighted by molar-refractivity contribution is 0.102. The first-order valence-electron chi connectivity index (χ1n) is 5.19. The van der Waals surface area contributed by atoms with Crippen molar-refractivity contribution < 1.29 is 4.79 Å². The summed E-state index contributed by atoms with van der Waals surface area (Å²) in [4.78, 5) is 12.1. The Balaban J connectivity index is 2.30. The van der Waals surface area contributed by atoms with Gasteiger partial charge in [-0.1, -0.05) is 50.7 Å². The monoisotopic (exact) mass is 377 g/mol. The standard InChI is InChI=1S/C13H7BrCl3NO/c14-7-1-3-10(16)9(5-7)13(19)18-12-6-8(15)2-4-11(12)17/h1-6H,(H,18,19). The van der Waals surface area contributed by atoms with Gasteiger partial charge >= 0.3 is 0 Å².